The highest BCUT2D eigenvalue weighted by Gasteiger charge is 2.35. The minimum Gasteiger partial charge on any atom is -0.342 e. The van der Waals surface area contributed by atoms with E-state index >= 15 is 0 Å². The molecular weight excluding hydrogens is 375 g/mol. The van der Waals surface area contributed by atoms with Crippen LogP contribution in [0.3, 0.4) is 0 Å². The zero-order valence-corrected chi connectivity index (χ0v) is 16.5. The van der Waals surface area contributed by atoms with Crippen LogP contribution in [0.5, 0.6) is 0 Å². The third kappa shape index (κ3) is 4.42. The normalized spacial score (nSPS) is 22.8. The van der Waals surface area contributed by atoms with Crippen molar-refractivity contribution in [1.82, 2.24) is 14.7 Å². The van der Waals surface area contributed by atoms with E-state index in [1.54, 1.807) is 11.0 Å². The summed E-state index contributed by atoms with van der Waals surface area (Å²) in [6.45, 7) is 4.43. The fraction of sp³-hybridized carbons (Fsp3) is 0.571. The average molecular weight is 402 g/mol. The predicted octanol–water partition coefficient (Wildman–Crippen LogP) is 1.41. The minimum atomic E-state index is -0.583. The summed E-state index contributed by atoms with van der Waals surface area (Å²) in [5.41, 5.74) is 1.05. The number of carbonyl (C=O) groups is 3. The molecule has 0 aromatic heterocycles. The van der Waals surface area contributed by atoms with Crippen LogP contribution < -0.4 is 5.32 Å². The molecule has 1 atom stereocenters. The summed E-state index contributed by atoms with van der Waals surface area (Å²) < 4.78 is 13.5. The molecule has 0 spiro atoms. The second-order valence-electron chi connectivity index (χ2n) is 8.08. The van der Waals surface area contributed by atoms with Crippen LogP contribution in [0.1, 0.15) is 37.2 Å². The first kappa shape index (κ1) is 19.8. The van der Waals surface area contributed by atoms with E-state index in [0.717, 1.165) is 25.9 Å². The highest BCUT2D eigenvalue weighted by molar-refractivity contribution is 6.01. The van der Waals surface area contributed by atoms with Crippen molar-refractivity contribution >= 4 is 23.4 Å². The predicted molar refractivity (Wildman–Crippen MR) is 106 cm³/mol. The van der Waals surface area contributed by atoms with Crippen LogP contribution in [0.15, 0.2) is 18.2 Å². The molecule has 2 fully saturated rings. The van der Waals surface area contributed by atoms with Crippen LogP contribution in [0.4, 0.5) is 10.1 Å². The highest BCUT2D eigenvalue weighted by Crippen LogP contribution is 2.34. The Kier molecular flexibility index (Phi) is 5.80. The number of hydrogen-bond donors (Lipinski definition) is 1. The van der Waals surface area contributed by atoms with E-state index < -0.39 is 11.7 Å². The number of piperazine rings is 1. The number of piperidine rings is 1. The Morgan fingerprint density at radius 2 is 1.72 bits per heavy atom. The van der Waals surface area contributed by atoms with Gasteiger partial charge in [0, 0.05) is 51.4 Å². The highest BCUT2D eigenvalue weighted by atomic mass is 19.1. The molecule has 3 heterocycles. The van der Waals surface area contributed by atoms with E-state index in [2.05, 4.69) is 10.2 Å². The van der Waals surface area contributed by atoms with Gasteiger partial charge in [0.15, 0.2) is 0 Å². The summed E-state index contributed by atoms with van der Waals surface area (Å²) in [6, 6.07) is 4.16. The van der Waals surface area contributed by atoms with Crippen molar-refractivity contribution in [1.29, 1.82) is 0 Å². The molecule has 1 aromatic rings. The van der Waals surface area contributed by atoms with Gasteiger partial charge in [0.2, 0.25) is 17.7 Å². The number of anilines is 1. The molecular formula is C21H27FN4O3. The number of fused-ring (bicyclic) bond motifs is 1. The van der Waals surface area contributed by atoms with Gasteiger partial charge in [-0.1, -0.05) is 6.07 Å². The molecule has 156 valence electrons. The van der Waals surface area contributed by atoms with Crippen molar-refractivity contribution in [3.05, 3.63) is 29.6 Å². The molecule has 0 saturated carbocycles. The first-order valence-corrected chi connectivity index (χ1v) is 10.4. The van der Waals surface area contributed by atoms with E-state index in [1.165, 1.54) is 18.6 Å². The van der Waals surface area contributed by atoms with Crippen LogP contribution in [-0.2, 0) is 14.4 Å². The molecule has 29 heavy (non-hydrogen) atoms. The first-order chi connectivity index (χ1) is 14.0. The lowest BCUT2D eigenvalue weighted by molar-refractivity contribution is -0.138. The number of carbonyl (C=O) groups excluding carboxylic acids is 3. The number of nitrogens with one attached hydrogen (secondary N) is 1. The summed E-state index contributed by atoms with van der Waals surface area (Å²) >= 11 is 0. The monoisotopic (exact) mass is 402 g/mol. The van der Waals surface area contributed by atoms with Crippen molar-refractivity contribution in [2.45, 2.75) is 31.6 Å². The maximum atomic E-state index is 13.5. The number of rotatable bonds is 3. The van der Waals surface area contributed by atoms with Crippen LogP contribution in [0.25, 0.3) is 0 Å². The van der Waals surface area contributed by atoms with Gasteiger partial charge in [-0.2, -0.15) is 0 Å². The zero-order chi connectivity index (χ0) is 20.4. The van der Waals surface area contributed by atoms with Gasteiger partial charge in [0.1, 0.15) is 5.82 Å². The van der Waals surface area contributed by atoms with Crippen molar-refractivity contribution in [3.8, 4) is 0 Å². The Labute approximate surface area is 169 Å². The molecule has 0 bridgehead atoms. The summed E-state index contributed by atoms with van der Waals surface area (Å²) in [5.74, 6) is -1.23. The molecule has 1 aromatic carbocycles. The number of hydrogen-bond acceptors (Lipinski definition) is 4. The van der Waals surface area contributed by atoms with Crippen molar-refractivity contribution in [2.24, 2.45) is 0 Å². The van der Waals surface area contributed by atoms with Crippen LogP contribution in [-0.4, -0.2) is 78.2 Å². The van der Waals surface area contributed by atoms with Gasteiger partial charge in [-0.05, 0) is 37.0 Å². The molecule has 8 heteroatoms. The standard InChI is InChI=1S/C21H27FN4O3/c22-15-4-5-16-17(13-19(27)23-18(16)12-15)21(29)26-10-8-24(9-11-26)14-20(28)25-6-2-1-3-7-25/h4-5,12,17H,1-3,6-11,13-14H2,(H,23,27). The van der Waals surface area contributed by atoms with Gasteiger partial charge in [0.05, 0.1) is 12.5 Å². The molecule has 0 radical (unpaired) electrons. The number of amides is 3. The molecule has 0 aliphatic carbocycles. The first-order valence-electron chi connectivity index (χ1n) is 10.4. The molecule has 3 amide bonds. The smallest absolute Gasteiger partial charge is 0.236 e. The van der Waals surface area contributed by atoms with E-state index in [-0.39, 0.29) is 24.1 Å². The van der Waals surface area contributed by atoms with Crippen LogP contribution in [0.2, 0.25) is 0 Å². The number of benzene rings is 1. The number of likely N-dealkylation sites (tertiary alicyclic amines) is 1. The summed E-state index contributed by atoms with van der Waals surface area (Å²) in [6.07, 6.45) is 3.42. The van der Waals surface area contributed by atoms with E-state index in [9.17, 15) is 18.8 Å². The van der Waals surface area contributed by atoms with Gasteiger partial charge in [-0.15, -0.1) is 0 Å². The Balaban J connectivity index is 1.35. The molecule has 1 unspecified atom stereocenters. The van der Waals surface area contributed by atoms with E-state index in [1.807, 2.05) is 4.90 Å². The van der Waals surface area contributed by atoms with Gasteiger partial charge in [0.25, 0.3) is 0 Å². The second kappa shape index (κ2) is 8.49. The lowest BCUT2D eigenvalue weighted by Crippen LogP contribution is -2.53. The number of halogens is 1. The second-order valence-corrected chi connectivity index (χ2v) is 8.08. The summed E-state index contributed by atoms with van der Waals surface area (Å²) in [7, 11) is 0. The largest absolute Gasteiger partial charge is 0.342 e. The minimum absolute atomic E-state index is 0.0745. The maximum absolute atomic E-state index is 13.5. The Morgan fingerprint density at radius 3 is 2.45 bits per heavy atom. The van der Waals surface area contributed by atoms with Gasteiger partial charge < -0.3 is 15.1 Å². The summed E-state index contributed by atoms with van der Waals surface area (Å²) in [5, 5.41) is 2.65. The molecule has 2 saturated heterocycles. The lowest BCUT2D eigenvalue weighted by atomic mass is 9.89. The average Bonchev–Trinajstić information content (AvgIpc) is 2.73. The lowest BCUT2D eigenvalue weighted by Gasteiger charge is -2.38. The van der Waals surface area contributed by atoms with E-state index in [0.29, 0.717) is 44.0 Å². The van der Waals surface area contributed by atoms with Gasteiger partial charge >= 0.3 is 0 Å². The Morgan fingerprint density at radius 1 is 1.00 bits per heavy atom. The van der Waals surface area contributed by atoms with Crippen molar-refractivity contribution in [2.75, 3.05) is 51.1 Å². The van der Waals surface area contributed by atoms with Gasteiger partial charge in [-0.3, -0.25) is 19.3 Å². The summed E-state index contributed by atoms with van der Waals surface area (Å²) in [4.78, 5) is 43.3. The topological polar surface area (TPSA) is 73.0 Å². The maximum Gasteiger partial charge on any atom is 0.236 e. The third-order valence-corrected chi connectivity index (χ3v) is 6.10. The van der Waals surface area contributed by atoms with Crippen molar-refractivity contribution in [3.63, 3.8) is 0 Å². The molecule has 1 N–H and O–H groups in total. The van der Waals surface area contributed by atoms with Crippen LogP contribution in [0, 0.1) is 5.82 Å². The zero-order valence-electron chi connectivity index (χ0n) is 16.5. The van der Waals surface area contributed by atoms with Gasteiger partial charge in [-0.25, -0.2) is 4.39 Å². The molecule has 4 rings (SSSR count). The molecule has 3 aliphatic heterocycles. The third-order valence-electron chi connectivity index (χ3n) is 6.10. The quantitative estimate of drug-likeness (QED) is 0.830. The molecule has 7 nitrogen and oxygen atoms in total. The Bertz CT molecular complexity index is 801. The number of nitrogens with zero attached hydrogens (tertiary/aromatic N) is 3. The van der Waals surface area contributed by atoms with E-state index in [4.69, 9.17) is 0 Å². The van der Waals surface area contributed by atoms with Crippen molar-refractivity contribution < 1.29 is 18.8 Å². The van der Waals surface area contributed by atoms with Crippen LogP contribution >= 0.6 is 0 Å². The SMILES string of the molecule is O=C1CC(C(=O)N2CCN(CC(=O)N3CCCCC3)CC2)c2ccc(F)cc2N1. The Hall–Kier alpha value is -2.48. The fourth-order valence-corrected chi connectivity index (χ4v) is 4.44. The molecule has 3 aliphatic rings. The fourth-order valence-electron chi connectivity index (χ4n) is 4.44.